The molecular weight excluding hydrogens is 472 g/mol. The zero-order valence-corrected chi connectivity index (χ0v) is 20.0. The number of aryl methyl sites for hydroxylation is 2. The number of anilines is 2. The Labute approximate surface area is 203 Å². The van der Waals surface area contributed by atoms with Crippen LogP contribution in [-0.4, -0.2) is 34.3 Å². The molecule has 0 atom stereocenters. The number of thioether (sulfide) groups is 1. The van der Waals surface area contributed by atoms with Crippen LogP contribution in [0.25, 0.3) is 10.2 Å². The molecule has 34 heavy (non-hydrogen) atoms. The Morgan fingerprint density at radius 3 is 2.82 bits per heavy atom. The van der Waals surface area contributed by atoms with E-state index in [4.69, 9.17) is 9.47 Å². The highest BCUT2D eigenvalue weighted by Crippen LogP contribution is 2.34. The minimum absolute atomic E-state index is 0.0886. The first-order valence-electron chi connectivity index (χ1n) is 10.4. The van der Waals surface area contributed by atoms with Crippen molar-refractivity contribution in [2.75, 3.05) is 23.2 Å². The predicted octanol–water partition coefficient (Wildman–Crippen LogP) is 5.02. The van der Waals surface area contributed by atoms with E-state index in [1.54, 1.807) is 36.5 Å². The van der Waals surface area contributed by atoms with Crippen LogP contribution >= 0.6 is 23.1 Å². The minimum Gasteiger partial charge on any atom is -0.454 e. The first-order valence-corrected chi connectivity index (χ1v) is 12.2. The summed E-state index contributed by atoms with van der Waals surface area (Å²) in [5.41, 5.74) is 4.09. The Balaban J connectivity index is 1.25. The van der Waals surface area contributed by atoms with Crippen molar-refractivity contribution in [2.45, 2.75) is 18.9 Å². The molecule has 2 N–H and O–H groups in total. The average Bonchev–Trinajstić information content (AvgIpc) is 3.44. The van der Waals surface area contributed by atoms with Crippen molar-refractivity contribution in [3.8, 4) is 11.5 Å². The van der Waals surface area contributed by atoms with Gasteiger partial charge in [0, 0.05) is 18.0 Å². The number of amides is 2. The fourth-order valence-corrected chi connectivity index (χ4v) is 5.40. The van der Waals surface area contributed by atoms with Gasteiger partial charge in [-0.3, -0.25) is 14.9 Å². The lowest BCUT2D eigenvalue weighted by Gasteiger charge is -2.08. The number of benzene rings is 2. The van der Waals surface area contributed by atoms with Crippen LogP contribution in [0.15, 0.2) is 53.7 Å². The molecule has 172 valence electrons. The van der Waals surface area contributed by atoms with E-state index in [1.165, 1.54) is 23.1 Å². The van der Waals surface area contributed by atoms with Gasteiger partial charge in [0.05, 0.1) is 21.5 Å². The van der Waals surface area contributed by atoms with E-state index in [0.717, 1.165) is 21.3 Å². The van der Waals surface area contributed by atoms with Gasteiger partial charge in [-0.2, -0.15) is 0 Å². The molecule has 0 radical (unpaired) electrons. The first kappa shape index (κ1) is 22.2. The van der Waals surface area contributed by atoms with Gasteiger partial charge in [0.15, 0.2) is 16.6 Å². The topological polar surface area (TPSA) is 102 Å². The van der Waals surface area contributed by atoms with Crippen molar-refractivity contribution in [3.63, 3.8) is 0 Å². The standard InChI is InChI=1S/C24H20N4O4S2/c1-13-8-14(2)21-19(9-13)34-24(27-21)28-22(30)16-4-3-7-25-23(16)33-11-20(29)26-15-5-6-17-18(10-15)32-12-31-17/h3-10H,11-12H2,1-2H3,(H,26,29)(H,27,28,30). The molecule has 1 aliphatic rings. The molecular formula is C24H20N4O4S2. The first-order chi connectivity index (χ1) is 16.5. The Bertz CT molecular complexity index is 1420. The highest BCUT2D eigenvalue weighted by molar-refractivity contribution is 8.00. The van der Waals surface area contributed by atoms with Crippen LogP contribution in [0.4, 0.5) is 10.8 Å². The number of ether oxygens (including phenoxy) is 2. The number of fused-ring (bicyclic) bond motifs is 2. The number of nitrogens with one attached hydrogen (secondary N) is 2. The van der Waals surface area contributed by atoms with Gasteiger partial charge >= 0.3 is 0 Å². The molecule has 0 spiro atoms. The van der Waals surface area contributed by atoms with E-state index >= 15 is 0 Å². The molecule has 10 heteroatoms. The van der Waals surface area contributed by atoms with Gasteiger partial charge in [0.2, 0.25) is 12.7 Å². The monoisotopic (exact) mass is 492 g/mol. The highest BCUT2D eigenvalue weighted by Gasteiger charge is 2.18. The van der Waals surface area contributed by atoms with Crippen LogP contribution in [0.3, 0.4) is 0 Å². The smallest absolute Gasteiger partial charge is 0.260 e. The third-order valence-corrected chi connectivity index (χ3v) is 6.99. The van der Waals surface area contributed by atoms with Crippen molar-refractivity contribution >= 4 is 55.9 Å². The maximum absolute atomic E-state index is 13.0. The Hall–Kier alpha value is -3.63. The zero-order chi connectivity index (χ0) is 23.7. The lowest BCUT2D eigenvalue weighted by atomic mass is 10.1. The van der Waals surface area contributed by atoms with Gasteiger partial charge in [0.25, 0.3) is 5.91 Å². The van der Waals surface area contributed by atoms with Gasteiger partial charge in [-0.1, -0.05) is 29.2 Å². The number of thiazole rings is 1. The molecule has 8 nitrogen and oxygen atoms in total. The number of aromatic nitrogens is 2. The molecule has 0 saturated carbocycles. The lowest BCUT2D eigenvalue weighted by Crippen LogP contribution is -2.16. The largest absolute Gasteiger partial charge is 0.454 e. The number of carbonyl (C=O) groups excluding carboxylic acids is 2. The predicted molar refractivity (Wildman–Crippen MR) is 133 cm³/mol. The fourth-order valence-electron chi connectivity index (χ4n) is 3.57. The van der Waals surface area contributed by atoms with Gasteiger partial charge in [-0.25, -0.2) is 9.97 Å². The van der Waals surface area contributed by atoms with Crippen LogP contribution in [-0.2, 0) is 4.79 Å². The van der Waals surface area contributed by atoms with Crippen LogP contribution in [0, 0.1) is 13.8 Å². The Morgan fingerprint density at radius 1 is 1.09 bits per heavy atom. The molecule has 2 amide bonds. The second kappa shape index (κ2) is 9.32. The van der Waals surface area contributed by atoms with E-state index < -0.39 is 0 Å². The van der Waals surface area contributed by atoms with E-state index in [9.17, 15) is 9.59 Å². The summed E-state index contributed by atoms with van der Waals surface area (Å²) >= 11 is 2.62. The van der Waals surface area contributed by atoms with E-state index in [1.807, 2.05) is 13.8 Å². The molecule has 4 aromatic rings. The number of pyridine rings is 1. The highest BCUT2D eigenvalue weighted by atomic mass is 32.2. The number of carbonyl (C=O) groups is 2. The van der Waals surface area contributed by atoms with Crippen molar-refractivity contribution in [3.05, 3.63) is 65.4 Å². The SMILES string of the molecule is Cc1cc(C)c2nc(NC(=O)c3cccnc3SCC(=O)Nc3ccc4c(c3)OCO4)sc2c1. The van der Waals surface area contributed by atoms with Gasteiger partial charge in [-0.05, 0) is 55.3 Å². The van der Waals surface area contributed by atoms with E-state index in [-0.39, 0.29) is 24.4 Å². The second-order valence-electron chi connectivity index (χ2n) is 7.66. The van der Waals surface area contributed by atoms with Crippen molar-refractivity contribution in [1.82, 2.24) is 9.97 Å². The van der Waals surface area contributed by atoms with Crippen molar-refractivity contribution in [1.29, 1.82) is 0 Å². The van der Waals surface area contributed by atoms with E-state index in [2.05, 4.69) is 32.7 Å². The molecule has 5 rings (SSSR count). The second-order valence-corrected chi connectivity index (χ2v) is 9.66. The molecule has 1 aliphatic heterocycles. The minimum atomic E-state index is -0.319. The molecule has 2 aromatic heterocycles. The Kier molecular flexibility index (Phi) is 6.08. The molecule has 0 fully saturated rings. The summed E-state index contributed by atoms with van der Waals surface area (Å²) in [6.45, 7) is 4.21. The number of rotatable bonds is 6. The quantitative estimate of drug-likeness (QED) is 0.364. The Morgan fingerprint density at radius 2 is 1.94 bits per heavy atom. The molecule has 0 aliphatic carbocycles. The number of hydrogen-bond acceptors (Lipinski definition) is 8. The van der Waals surface area contributed by atoms with Gasteiger partial charge < -0.3 is 14.8 Å². The van der Waals surface area contributed by atoms with Crippen LogP contribution in [0.1, 0.15) is 21.5 Å². The molecule has 2 aromatic carbocycles. The average molecular weight is 493 g/mol. The van der Waals surface area contributed by atoms with E-state index in [0.29, 0.717) is 32.9 Å². The zero-order valence-electron chi connectivity index (χ0n) is 18.4. The number of hydrogen-bond donors (Lipinski definition) is 2. The summed E-state index contributed by atoms with van der Waals surface area (Å²) in [6, 6.07) is 12.7. The summed E-state index contributed by atoms with van der Waals surface area (Å²) in [4.78, 5) is 34.3. The maximum Gasteiger partial charge on any atom is 0.260 e. The maximum atomic E-state index is 13.0. The van der Waals surface area contributed by atoms with Crippen LogP contribution in [0.2, 0.25) is 0 Å². The third-order valence-electron chi connectivity index (χ3n) is 5.06. The molecule has 3 heterocycles. The lowest BCUT2D eigenvalue weighted by molar-refractivity contribution is -0.113. The normalized spacial score (nSPS) is 12.1. The van der Waals surface area contributed by atoms with Gasteiger partial charge in [0.1, 0.15) is 5.03 Å². The molecule has 0 bridgehead atoms. The summed E-state index contributed by atoms with van der Waals surface area (Å²) in [7, 11) is 0. The van der Waals surface area contributed by atoms with Crippen molar-refractivity contribution < 1.29 is 19.1 Å². The number of nitrogens with zero attached hydrogens (tertiary/aromatic N) is 2. The fraction of sp³-hybridized carbons (Fsp3) is 0.167. The third kappa shape index (κ3) is 4.68. The van der Waals surface area contributed by atoms with Crippen LogP contribution in [0.5, 0.6) is 11.5 Å². The van der Waals surface area contributed by atoms with Crippen molar-refractivity contribution in [2.24, 2.45) is 0 Å². The van der Waals surface area contributed by atoms with Gasteiger partial charge in [-0.15, -0.1) is 0 Å². The summed E-state index contributed by atoms with van der Waals surface area (Å²) in [6.07, 6.45) is 1.60. The van der Waals surface area contributed by atoms with Crippen LogP contribution < -0.4 is 20.1 Å². The molecule has 0 saturated heterocycles. The summed E-state index contributed by atoms with van der Waals surface area (Å²) in [5, 5.41) is 6.69. The summed E-state index contributed by atoms with van der Waals surface area (Å²) < 4.78 is 11.6. The summed E-state index contributed by atoms with van der Waals surface area (Å²) in [5.74, 6) is 0.785. The molecule has 0 unspecified atom stereocenters.